The van der Waals surface area contributed by atoms with Gasteiger partial charge >= 0.3 is 21.1 Å². The fourth-order valence-corrected chi connectivity index (χ4v) is 8.29. The molecule has 0 N–H and O–H groups in total. The molecule has 3 heterocycles. The zero-order valence-corrected chi connectivity index (χ0v) is 27.9. The Labute approximate surface area is 263 Å². The van der Waals surface area contributed by atoms with E-state index >= 15 is 0 Å². The molecule has 4 nitrogen and oxygen atoms in total. The summed E-state index contributed by atoms with van der Waals surface area (Å²) in [5, 5.41) is 4.98. The van der Waals surface area contributed by atoms with Gasteiger partial charge in [-0.25, -0.2) is 4.98 Å². The molecule has 0 spiro atoms. The molecule has 0 radical (unpaired) electrons. The standard InChI is InChI=1S/C36H34N4Si.Pt/c1-25(2)26-19-20-37-36(21-26)40-32-14-7-6-13-30(32)31-18-17-29(23-35(31)40)41(4,5)28-12-10-11-27(22-28)39-24-38(3)33-15-8-9-16-34(33)39;/h6-21,25H,24H2,1-5H3;/q-2;+2. The Kier molecular flexibility index (Phi) is 7.37. The topological polar surface area (TPSA) is 24.3 Å². The number of benzene rings is 4. The van der Waals surface area contributed by atoms with Gasteiger partial charge in [0.15, 0.2) is 0 Å². The number of pyridine rings is 1. The van der Waals surface area contributed by atoms with Gasteiger partial charge in [0.25, 0.3) is 0 Å². The molecule has 0 amide bonds. The summed E-state index contributed by atoms with van der Waals surface area (Å²) in [6, 6.07) is 40.6. The van der Waals surface area contributed by atoms with Crippen LogP contribution in [-0.2, 0) is 21.1 Å². The van der Waals surface area contributed by atoms with Crippen LogP contribution in [0.15, 0.2) is 97.2 Å². The first-order chi connectivity index (χ1) is 19.8. The molecule has 0 aliphatic carbocycles. The fraction of sp³-hybridized carbons (Fsp3) is 0.194. The number of hydrogen-bond acceptors (Lipinski definition) is 3. The molecule has 0 saturated heterocycles. The Morgan fingerprint density at radius 2 is 1.52 bits per heavy atom. The van der Waals surface area contributed by atoms with Crippen molar-refractivity contribution >= 4 is 57.3 Å². The van der Waals surface area contributed by atoms with Crippen LogP contribution in [0.1, 0.15) is 25.3 Å². The first-order valence-corrected chi connectivity index (χ1v) is 17.4. The number of aromatic nitrogens is 2. The van der Waals surface area contributed by atoms with Crippen LogP contribution in [-0.4, -0.2) is 31.3 Å². The Morgan fingerprint density at radius 3 is 2.33 bits per heavy atom. The molecule has 1 aliphatic heterocycles. The Bertz CT molecular complexity index is 1930. The average Bonchev–Trinajstić information content (AvgIpc) is 3.52. The summed E-state index contributed by atoms with van der Waals surface area (Å²) in [6.07, 6.45) is 1.93. The van der Waals surface area contributed by atoms with Crippen LogP contribution in [0, 0.1) is 12.1 Å². The first-order valence-electron chi connectivity index (χ1n) is 14.4. The molecule has 6 aromatic rings. The average molecular weight is 746 g/mol. The second-order valence-corrected chi connectivity index (χ2v) is 16.2. The van der Waals surface area contributed by atoms with Crippen molar-refractivity contribution < 1.29 is 21.1 Å². The normalized spacial score (nSPS) is 13.2. The summed E-state index contributed by atoms with van der Waals surface area (Å²) >= 11 is 0. The van der Waals surface area contributed by atoms with Crippen molar-refractivity contribution in [3.05, 3.63) is 115 Å². The van der Waals surface area contributed by atoms with Crippen LogP contribution in [0.4, 0.5) is 17.1 Å². The van der Waals surface area contributed by atoms with Crippen LogP contribution in [0.2, 0.25) is 13.1 Å². The van der Waals surface area contributed by atoms with Gasteiger partial charge in [0.2, 0.25) is 0 Å². The second kappa shape index (κ2) is 10.9. The Balaban J connectivity index is 0.00000316. The van der Waals surface area contributed by atoms with E-state index in [1.54, 1.807) is 0 Å². The van der Waals surface area contributed by atoms with Crippen molar-refractivity contribution in [3.8, 4) is 5.82 Å². The molecule has 0 atom stereocenters. The number of anilines is 3. The van der Waals surface area contributed by atoms with E-state index in [-0.39, 0.29) is 21.1 Å². The van der Waals surface area contributed by atoms with Crippen LogP contribution >= 0.6 is 0 Å². The van der Waals surface area contributed by atoms with Crippen LogP contribution in [0.3, 0.4) is 0 Å². The molecule has 0 unspecified atom stereocenters. The summed E-state index contributed by atoms with van der Waals surface area (Å²) in [5.41, 5.74) is 7.14. The summed E-state index contributed by atoms with van der Waals surface area (Å²) in [6.45, 7) is 10.1. The molecule has 0 saturated carbocycles. The molecule has 0 fully saturated rings. The molecule has 0 bridgehead atoms. The second-order valence-electron chi connectivity index (χ2n) is 11.9. The predicted octanol–water partition coefficient (Wildman–Crippen LogP) is 7.27. The van der Waals surface area contributed by atoms with Crippen molar-refractivity contribution in [2.75, 3.05) is 23.5 Å². The van der Waals surface area contributed by atoms with E-state index in [1.807, 2.05) is 6.20 Å². The monoisotopic (exact) mass is 745 g/mol. The van der Waals surface area contributed by atoms with Gasteiger partial charge in [-0.1, -0.05) is 68.5 Å². The van der Waals surface area contributed by atoms with Crippen molar-refractivity contribution in [1.82, 2.24) is 9.55 Å². The molecule has 7 rings (SSSR count). The van der Waals surface area contributed by atoms with E-state index in [0.717, 1.165) is 29.2 Å². The third-order valence-electron chi connectivity index (χ3n) is 8.60. The zero-order valence-electron chi connectivity index (χ0n) is 24.6. The van der Waals surface area contributed by atoms with Gasteiger partial charge in [0, 0.05) is 18.8 Å². The zero-order chi connectivity index (χ0) is 28.3. The molecule has 1 aliphatic rings. The van der Waals surface area contributed by atoms with Gasteiger partial charge in [-0.3, -0.25) is 0 Å². The Morgan fingerprint density at radius 1 is 0.786 bits per heavy atom. The number of hydrogen-bond donors (Lipinski definition) is 0. The van der Waals surface area contributed by atoms with Crippen molar-refractivity contribution in [2.24, 2.45) is 0 Å². The fourth-order valence-electron chi connectivity index (χ4n) is 6.12. The molecule has 42 heavy (non-hydrogen) atoms. The van der Waals surface area contributed by atoms with Crippen molar-refractivity contribution in [2.45, 2.75) is 32.9 Å². The molecule has 2 aromatic heterocycles. The minimum absolute atomic E-state index is 0. The molecule has 4 aromatic carbocycles. The molecule has 212 valence electrons. The van der Waals surface area contributed by atoms with Gasteiger partial charge in [-0.15, -0.1) is 11.5 Å². The largest absolute Gasteiger partial charge is 2.00 e. The number of fused-ring (bicyclic) bond motifs is 4. The smallest absolute Gasteiger partial charge is 0.355 e. The SMILES string of the molecule is CC(C)c1ccnc(-n2c3[c-]c([Si](C)(C)c4[c-]c(N5CN(C)c6ccccc65)ccc4)ccc3c3ccccc32)c1.[Pt+2]. The maximum absolute atomic E-state index is 4.83. The summed E-state index contributed by atoms with van der Waals surface area (Å²) in [5.74, 6) is 1.38. The van der Waals surface area contributed by atoms with E-state index in [4.69, 9.17) is 4.98 Å². The molecular formula is C36H34N4PtSi. The first kappa shape index (κ1) is 28.5. The third kappa shape index (κ3) is 4.60. The quantitative estimate of drug-likeness (QED) is 0.137. The summed E-state index contributed by atoms with van der Waals surface area (Å²) in [7, 11) is -0.00126. The van der Waals surface area contributed by atoms with Gasteiger partial charge in [0.1, 0.15) is 5.82 Å². The Hall–Kier alpha value is -3.66. The minimum Gasteiger partial charge on any atom is -0.355 e. The maximum Gasteiger partial charge on any atom is 2.00 e. The van der Waals surface area contributed by atoms with Crippen LogP contribution < -0.4 is 20.2 Å². The van der Waals surface area contributed by atoms with E-state index in [1.165, 1.54) is 38.1 Å². The van der Waals surface area contributed by atoms with E-state index < -0.39 is 8.07 Å². The van der Waals surface area contributed by atoms with Crippen LogP contribution in [0.5, 0.6) is 0 Å². The van der Waals surface area contributed by atoms with Gasteiger partial charge in [0.05, 0.1) is 26.1 Å². The maximum atomic E-state index is 4.83. The van der Waals surface area contributed by atoms with Gasteiger partial charge < -0.3 is 14.4 Å². The minimum atomic E-state index is -2.15. The van der Waals surface area contributed by atoms with E-state index in [0.29, 0.717) is 5.92 Å². The van der Waals surface area contributed by atoms with Crippen molar-refractivity contribution in [3.63, 3.8) is 0 Å². The van der Waals surface area contributed by atoms with E-state index in [2.05, 4.69) is 151 Å². The number of nitrogens with zero attached hydrogens (tertiary/aromatic N) is 4. The number of rotatable bonds is 5. The third-order valence-corrected chi connectivity index (χ3v) is 11.9. The van der Waals surface area contributed by atoms with E-state index in [9.17, 15) is 0 Å². The number of para-hydroxylation sites is 3. The van der Waals surface area contributed by atoms with Gasteiger partial charge in [-0.05, 0) is 47.2 Å². The van der Waals surface area contributed by atoms with Gasteiger partial charge in [-0.2, -0.15) is 46.8 Å². The molecule has 6 heteroatoms. The predicted molar refractivity (Wildman–Crippen MR) is 175 cm³/mol. The summed E-state index contributed by atoms with van der Waals surface area (Å²) in [4.78, 5) is 9.49. The molecular weight excluding hydrogens is 712 g/mol. The van der Waals surface area contributed by atoms with Crippen LogP contribution in [0.25, 0.3) is 27.6 Å². The van der Waals surface area contributed by atoms with Crippen molar-refractivity contribution in [1.29, 1.82) is 0 Å². The summed E-state index contributed by atoms with van der Waals surface area (Å²) < 4.78 is 2.29.